The molecular formula is C15H32N2. The van der Waals surface area contributed by atoms with Gasteiger partial charge in [0.1, 0.15) is 0 Å². The quantitative estimate of drug-likeness (QED) is 0.717. The van der Waals surface area contributed by atoms with Crippen LogP contribution in [0.5, 0.6) is 0 Å². The third-order valence-electron chi connectivity index (χ3n) is 3.90. The Hall–Kier alpha value is -0.0800. The molecule has 0 aromatic carbocycles. The Morgan fingerprint density at radius 3 is 2.47 bits per heavy atom. The predicted octanol–water partition coefficient (Wildman–Crippen LogP) is 3.28. The first-order chi connectivity index (χ1) is 8.05. The zero-order chi connectivity index (χ0) is 12.7. The molecule has 2 heteroatoms. The molecule has 0 aromatic heterocycles. The van der Waals surface area contributed by atoms with E-state index in [1.165, 1.54) is 58.3 Å². The van der Waals surface area contributed by atoms with Gasteiger partial charge in [-0.3, -0.25) is 4.90 Å². The molecule has 0 radical (unpaired) electrons. The van der Waals surface area contributed by atoms with Crippen LogP contribution in [0.25, 0.3) is 0 Å². The van der Waals surface area contributed by atoms with E-state index in [4.69, 9.17) is 0 Å². The molecule has 0 bridgehead atoms. The number of rotatable bonds is 6. The van der Waals surface area contributed by atoms with Crippen LogP contribution in [-0.4, -0.2) is 37.1 Å². The Bertz CT molecular complexity index is 196. The summed E-state index contributed by atoms with van der Waals surface area (Å²) in [7, 11) is 0. The second kappa shape index (κ2) is 7.38. The van der Waals surface area contributed by atoms with Gasteiger partial charge in [-0.25, -0.2) is 0 Å². The maximum Gasteiger partial charge on any atom is 0.0269 e. The van der Waals surface area contributed by atoms with Gasteiger partial charge < -0.3 is 5.32 Å². The van der Waals surface area contributed by atoms with Crippen LogP contribution >= 0.6 is 0 Å². The van der Waals surface area contributed by atoms with Crippen molar-refractivity contribution in [2.24, 2.45) is 5.41 Å². The van der Waals surface area contributed by atoms with E-state index in [1.54, 1.807) is 0 Å². The average molecular weight is 240 g/mol. The lowest BCUT2D eigenvalue weighted by molar-refractivity contribution is 0.0738. The lowest BCUT2D eigenvalue weighted by atomic mass is 9.84. The molecule has 2 nitrogen and oxygen atoms in total. The Morgan fingerprint density at radius 1 is 1.12 bits per heavy atom. The van der Waals surface area contributed by atoms with Gasteiger partial charge in [0.05, 0.1) is 0 Å². The van der Waals surface area contributed by atoms with Crippen molar-refractivity contribution in [2.45, 2.75) is 65.8 Å². The number of unbranched alkanes of at least 4 members (excludes halogenated alkanes) is 4. The third-order valence-corrected chi connectivity index (χ3v) is 3.90. The van der Waals surface area contributed by atoms with Crippen LogP contribution in [0.15, 0.2) is 0 Å². The number of hydrogen-bond acceptors (Lipinski definition) is 2. The molecule has 0 amide bonds. The van der Waals surface area contributed by atoms with Crippen LogP contribution in [0, 0.1) is 5.41 Å². The van der Waals surface area contributed by atoms with E-state index in [9.17, 15) is 0 Å². The van der Waals surface area contributed by atoms with E-state index in [2.05, 4.69) is 37.9 Å². The summed E-state index contributed by atoms with van der Waals surface area (Å²) in [5.74, 6) is 0. The monoisotopic (exact) mass is 240 g/mol. The van der Waals surface area contributed by atoms with Gasteiger partial charge in [-0.2, -0.15) is 0 Å². The minimum absolute atomic E-state index is 0.400. The van der Waals surface area contributed by atoms with Crippen LogP contribution < -0.4 is 5.32 Å². The summed E-state index contributed by atoms with van der Waals surface area (Å²) in [6.07, 6.45) is 6.96. The van der Waals surface area contributed by atoms with Crippen molar-refractivity contribution >= 4 is 0 Å². The molecule has 1 fully saturated rings. The summed E-state index contributed by atoms with van der Waals surface area (Å²) < 4.78 is 0. The highest BCUT2D eigenvalue weighted by atomic mass is 15.2. The van der Waals surface area contributed by atoms with E-state index in [0.717, 1.165) is 0 Å². The van der Waals surface area contributed by atoms with Crippen molar-refractivity contribution in [1.29, 1.82) is 0 Å². The smallest absolute Gasteiger partial charge is 0.0269 e. The van der Waals surface area contributed by atoms with Crippen molar-refractivity contribution in [1.82, 2.24) is 10.2 Å². The van der Waals surface area contributed by atoms with Crippen LogP contribution in [0.4, 0.5) is 0 Å². The SMILES string of the molecule is CCCCCCCN1CCNCC1C(C)(C)C. The van der Waals surface area contributed by atoms with Gasteiger partial charge in [-0.1, -0.05) is 53.4 Å². The number of nitrogens with one attached hydrogen (secondary N) is 1. The van der Waals surface area contributed by atoms with Crippen molar-refractivity contribution in [2.75, 3.05) is 26.2 Å². The molecule has 1 heterocycles. The summed E-state index contributed by atoms with van der Waals surface area (Å²) in [6.45, 7) is 14.3. The average Bonchev–Trinajstić information content (AvgIpc) is 2.28. The van der Waals surface area contributed by atoms with Crippen molar-refractivity contribution in [3.05, 3.63) is 0 Å². The zero-order valence-electron chi connectivity index (χ0n) is 12.4. The maximum absolute atomic E-state index is 3.54. The Balaban J connectivity index is 2.28. The first-order valence-corrected chi connectivity index (χ1v) is 7.50. The lowest BCUT2D eigenvalue weighted by Gasteiger charge is -2.43. The summed E-state index contributed by atoms with van der Waals surface area (Å²) in [6, 6.07) is 0.711. The second-order valence-electron chi connectivity index (χ2n) is 6.54. The third kappa shape index (κ3) is 5.39. The van der Waals surface area contributed by atoms with Crippen molar-refractivity contribution in [3.8, 4) is 0 Å². The molecule has 0 spiro atoms. The number of piperazine rings is 1. The summed E-state index contributed by atoms with van der Waals surface area (Å²) in [5, 5.41) is 3.54. The molecule has 0 aliphatic carbocycles. The highest BCUT2D eigenvalue weighted by Crippen LogP contribution is 2.25. The molecule has 102 valence electrons. The van der Waals surface area contributed by atoms with Crippen LogP contribution in [0.1, 0.15) is 59.8 Å². The van der Waals surface area contributed by atoms with E-state index < -0.39 is 0 Å². The maximum atomic E-state index is 3.54. The topological polar surface area (TPSA) is 15.3 Å². The van der Waals surface area contributed by atoms with E-state index in [1.807, 2.05) is 0 Å². The molecule has 1 saturated heterocycles. The minimum atomic E-state index is 0.400. The van der Waals surface area contributed by atoms with Crippen LogP contribution in [-0.2, 0) is 0 Å². The standard InChI is InChI=1S/C15H32N2/c1-5-6-7-8-9-11-17-12-10-16-13-14(17)15(2,3)4/h14,16H,5-13H2,1-4H3. The largest absolute Gasteiger partial charge is 0.314 e. The van der Waals surface area contributed by atoms with Gasteiger partial charge in [0.15, 0.2) is 0 Å². The number of nitrogens with zero attached hydrogens (tertiary/aromatic N) is 1. The molecule has 1 unspecified atom stereocenters. The molecular weight excluding hydrogens is 208 g/mol. The van der Waals surface area contributed by atoms with E-state index in [0.29, 0.717) is 11.5 Å². The fourth-order valence-corrected chi connectivity index (χ4v) is 2.79. The van der Waals surface area contributed by atoms with Gasteiger partial charge >= 0.3 is 0 Å². The van der Waals surface area contributed by atoms with Gasteiger partial charge in [-0.05, 0) is 18.4 Å². The molecule has 0 aromatic rings. The Labute approximate surface area is 108 Å². The van der Waals surface area contributed by atoms with Gasteiger partial charge in [-0.15, -0.1) is 0 Å². The van der Waals surface area contributed by atoms with Crippen molar-refractivity contribution < 1.29 is 0 Å². The Morgan fingerprint density at radius 2 is 1.82 bits per heavy atom. The normalized spacial score (nSPS) is 22.9. The van der Waals surface area contributed by atoms with Gasteiger partial charge in [0.2, 0.25) is 0 Å². The highest BCUT2D eigenvalue weighted by molar-refractivity contribution is 4.88. The first-order valence-electron chi connectivity index (χ1n) is 7.50. The molecule has 1 N–H and O–H groups in total. The van der Waals surface area contributed by atoms with Crippen LogP contribution in [0.3, 0.4) is 0 Å². The molecule has 17 heavy (non-hydrogen) atoms. The van der Waals surface area contributed by atoms with E-state index >= 15 is 0 Å². The molecule has 1 atom stereocenters. The van der Waals surface area contributed by atoms with Crippen LogP contribution in [0.2, 0.25) is 0 Å². The molecule has 1 rings (SSSR count). The zero-order valence-corrected chi connectivity index (χ0v) is 12.4. The van der Waals surface area contributed by atoms with E-state index in [-0.39, 0.29) is 0 Å². The van der Waals surface area contributed by atoms with Gasteiger partial charge in [0, 0.05) is 25.7 Å². The molecule has 1 aliphatic rings. The second-order valence-corrected chi connectivity index (χ2v) is 6.54. The van der Waals surface area contributed by atoms with Gasteiger partial charge in [0.25, 0.3) is 0 Å². The summed E-state index contributed by atoms with van der Waals surface area (Å²) >= 11 is 0. The lowest BCUT2D eigenvalue weighted by Crippen LogP contribution is -2.56. The summed E-state index contributed by atoms with van der Waals surface area (Å²) in [4.78, 5) is 2.71. The Kier molecular flexibility index (Phi) is 6.50. The fourth-order valence-electron chi connectivity index (χ4n) is 2.79. The predicted molar refractivity (Wildman–Crippen MR) is 76.4 cm³/mol. The first kappa shape index (κ1) is 15.0. The number of hydrogen-bond donors (Lipinski definition) is 1. The van der Waals surface area contributed by atoms with Crippen molar-refractivity contribution in [3.63, 3.8) is 0 Å². The summed E-state index contributed by atoms with van der Waals surface area (Å²) in [5.41, 5.74) is 0.400. The molecule has 0 saturated carbocycles. The minimum Gasteiger partial charge on any atom is -0.314 e. The highest BCUT2D eigenvalue weighted by Gasteiger charge is 2.31. The molecule has 1 aliphatic heterocycles. The fraction of sp³-hybridized carbons (Fsp3) is 1.00.